The molecular formula is C20H22FN5O2. The molecule has 0 saturated heterocycles. The Hall–Kier alpha value is -3.16. The molecule has 1 N–H and O–H groups in total. The molecule has 4 rings (SSSR count). The topological polar surface area (TPSA) is 76.2 Å². The van der Waals surface area contributed by atoms with E-state index in [1.54, 1.807) is 29.3 Å². The molecule has 1 aliphatic rings. The Morgan fingerprint density at radius 1 is 1.39 bits per heavy atom. The fraction of sp³-hybridized carbons (Fsp3) is 0.350. The van der Waals surface area contributed by atoms with E-state index in [1.165, 1.54) is 6.07 Å². The third-order valence-corrected chi connectivity index (χ3v) is 5.11. The predicted octanol–water partition coefficient (Wildman–Crippen LogP) is 3.60. The van der Waals surface area contributed by atoms with Crippen LogP contribution in [0.4, 0.5) is 15.9 Å². The standard InChI is InChI=1S/C20H22FN5O2/c1-13(26-10-8-22-14(26)2)11-19(27)25-9-7-18-15(12-25)20(24-28-18)23-17-6-4-3-5-16(17)21/h3-6,8,10,13H,7,9,11-12H2,1-2H3,(H,23,24)/t13-/m1/s1. The van der Waals surface area contributed by atoms with E-state index in [0.717, 1.165) is 17.1 Å². The van der Waals surface area contributed by atoms with Crippen molar-refractivity contribution in [2.24, 2.45) is 0 Å². The van der Waals surface area contributed by atoms with Crippen molar-refractivity contribution in [2.75, 3.05) is 11.9 Å². The highest BCUT2D eigenvalue weighted by molar-refractivity contribution is 5.77. The van der Waals surface area contributed by atoms with Crippen LogP contribution in [0.15, 0.2) is 41.2 Å². The maximum Gasteiger partial charge on any atom is 0.224 e. The smallest absolute Gasteiger partial charge is 0.224 e. The summed E-state index contributed by atoms with van der Waals surface area (Å²) >= 11 is 0. The number of aromatic nitrogens is 3. The molecule has 0 fully saturated rings. The average Bonchev–Trinajstić information content (AvgIpc) is 3.29. The van der Waals surface area contributed by atoms with Crippen LogP contribution in [0.1, 0.15) is 36.5 Å². The van der Waals surface area contributed by atoms with Gasteiger partial charge in [-0.25, -0.2) is 9.37 Å². The molecule has 1 amide bonds. The number of carbonyl (C=O) groups excluding carboxylic acids is 1. The number of fused-ring (bicyclic) bond motifs is 1. The van der Waals surface area contributed by atoms with Gasteiger partial charge < -0.3 is 19.3 Å². The maximum atomic E-state index is 13.9. The van der Waals surface area contributed by atoms with Crippen LogP contribution in [-0.4, -0.2) is 32.1 Å². The van der Waals surface area contributed by atoms with Crippen LogP contribution in [-0.2, 0) is 17.8 Å². The highest BCUT2D eigenvalue weighted by atomic mass is 19.1. The van der Waals surface area contributed by atoms with Crippen molar-refractivity contribution in [3.8, 4) is 0 Å². The SMILES string of the molecule is Cc1nccn1[C@H](C)CC(=O)N1CCc2onc(Nc3ccccc3F)c2C1. The van der Waals surface area contributed by atoms with Gasteiger partial charge in [0, 0.05) is 37.8 Å². The molecule has 1 aliphatic heterocycles. The summed E-state index contributed by atoms with van der Waals surface area (Å²) in [4.78, 5) is 18.8. The largest absolute Gasteiger partial charge is 0.359 e. The summed E-state index contributed by atoms with van der Waals surface area (Å²) in [6.07, 6.45) is 4.60. The molecule has 2 aromatic heterocycles. The minimum absolute atomic E-state index is 0.0230. The number of aryl methyl sites for hydroxylation is 1. The average molecular weight is 383 g/mol. The Labute approximate surface area is 162 Å². The molecule has 1 atom stereocenters. The van der Waals surface area contributed by atoms with Gasteiger partial charge in [0.05, 0.1) is 17.8 Å². The van der Waals surface area contributed by atoms with Crippen molar-refractivity contribution < 1.29 is 13.7 Å². The summed E-state index contributed by atoms with van der Waals surface area (Å²) in [6.45, 7) is 4.90. The van der Waals surface area contributed by atoms with E-state index in [2.05, 4.69) is 15.5 Å². The van der Waals surface area contributed by atoms with Gasteiger partial charge in [-0.1, -0.05) is 17.3 Å². The van der Waals surface area contributed by atoms with Crippen molar-refractivity contribution in [1.82, 2.24) is 19.6 Å². The molecule has 0 radical (unpaired) electrons. The summed E-state index contributed by atoms with van der Waals surface area (Å²) in [5, 5.41) is 7.02. The van der Waals surface area contributed by atoms with Gasteiger partial charge in [0.25, 0.3) is 0 Å². The second-order valence-electron chi connectivity index (χ2n) is 7.04. The van der Waals surface area contributed by atoms with Crippen LogP contribution >= 0.6 is 0 Å². The summed E-state index contributed by atoms with van der Waals surface area (Å²) in [7, 11) is 0. The number of anilines is 2. The monoisotopic (exact) mass is 383 g/mol. The van der Waals surface area contributed by atoms with Gasteiger partial charge in [-0.3, -0.25) is 4.79 Å². The summed E-state index contributed by atoms with van der Waals surface area (Å²) in [5.74, 6) is 1.77. The molecule has 7 nitrogen and oxygen atoms in total. The lowest BCUT2D eigenvalue weighted by molar-refractivity contribution is -0.132. The lowest BCUT2D eigenvalue weighted by Crippen LogP contribution is -2.36. The number of hydrogen-bond donors (Lipinski definition) is 1. The number of halogens is 1. The Kier molecular flexibility index (Phi) is 4.85. The number of rotatable bonds is 5. The zero-order valence-electron chi connectivity index (χ0n) is 15.9. The van der Waals surface area contributed by atoms with Crippen molar-refractivity contribution in [3.63, 3.8) is 0 Å². The molecule has 146 valence electrons. The van der Waals surface area contributed by atoms with Gasteiger partial charge in [0.15, 0.2) is 5.82 Å². The fourth-order valence-corrected chi connectivity index (χ4v) is 3.54. The number of amides is 1. The summed E-state index contributed by atoms with van der Waals surface area (Å²) in [6, 6.07) is 6.41. The molecule has 0 bridgehead atoms. The zero-order valence-corrected chi connectivity index (χ0v) is 15.9. The first kappa shape index (κ1) is 18.2. The molecule has 28 heavy (non-hydrogen) atoms. The predicted molar refractivity (Wildman–Crippen MR) is 102 cm³/mol. The highest BCUT2D eigenvalue weighted by Crippen LogP contribution is 2.30. The molecule has 0 saturated carbocycles. The van der Waals surface area contributed by atoms with E-state index >= 15 is 0 Å². The van der Waals surface area contributed by atoms with E-state index < -0.39 is 0 Å². The van der Waals surface area contributed by atoms with E-state index in [0.29, 0.717) is 37.4 Å². The first-order valence-corrected chi connectivity index (χ1v) is 9.29. The molecule has 0 spiro atoms. The van der Waals surface area contributed by atoms with Crippen molar-refractivity contribution >= 4 is 17.4 Å². The normalized spacial score (nSPS) is 14.6. The van der Waals surface area contributed by atoms with E-state index in [4.69, 9.17) is 4.52 Å². The van der Waals surface area contributed by atoms with Crippen LogP contribution in [0.3, 0.4) is 0 Å². The van der Waals surface area contributed by atoms with Crippen LogP contribution in [0.5, 0.6) is 0 Å². The van der Waals surface area contributed by atoms with Gasteiger partial charge in [-0.05, 0) is 26.0 Å². The van der Waals surface area contributed by atoms with Crippen molar-refractivity contribution in [2.45, 2.75) is 39.3 Å². The first-order chi connectivity index (χ1) is 13.5. The lowest BCUT2D eigenvalue weighted by Gasteiger charge is -2.28. The van der Waals surface area contributed by atoms with Gasteiger partial charge in [0.1, 0.15) is 17.4 Å². The maximum absolute atomic E-state index is 13.9. The van der Waals surface area contributed by atoms with Crippen LogP contribution in [0, 0.1) is 12.7 Å². The second kappa shape index (κ2) is 7.46. The number of nitrogens with zero attached hydrogens (tertiary/aromatic N) is 4. The number of imidazole rings is 1. The Balaban J connectivity index is 1.47. The first-order valence-electron chi connectivity index (χ1n) is 9.29. The molecule has 3 heterocycles. The van der Waals surface area contributed by atoms with Crippen molar-refractivity contribution in [1.29, 1.82) is 0 Å². The van der Waals surface area contributed by atoms with Crippen LogP contribution in [0.2, 0.25) is 0 Å². The third kappa shape index (κ3) is 3.49. The summed E-state index contributed by atoms with van der Waals surface area (Å²) < 4.78 is 21.3. The van der Waals surface area contributed by atoms with Crippen molar-refractivity contribution in [3.05, 3.63) is 59.6 Å². The van der Waals surface area contributed by atoms with Crippen LogP contribution in [0.25, 0.3) is 0 Å². The Morgan fingerprint density at radius 2 is 2.21 bits per heavy atom. The molecule has 3 aromatic rings. The number of para-hydroxylation sites is 1. The van der Waals surface area contributed by atoms with E-state index in [-0.39, 0.29) is 17.8 Å². The quantitative estimate of drug-likeness (QED) is 0.729. The minimum Gasteiger partial charge on any atom is -0.359 e. The molecule has 0 unspecified atom stereocenters. The number of hydrogen-bond acceptors (Lipinski definition) is 5. The number of nitrogens with one attached hydrogen (secondary N) is 1. The Bertz CT molecular complexity index is 996. The third-order valence-electron chi connectivity index (χ3n) is 5.11. The van der Waals surface area contributed by atoms with Crippen LogP contribution < -0.4 is 5.32 Å². The van der Waals surface area contributed by atoms with E-state index in [1.807, 2.05) is 24.6 Å². The molecule has 0 aliphatic carbocycles. The number of benzene rings is 1. The molecule has 8 heteroatoms. The van der Waals surface area contributed by atoms with Gasteiger partial charge >= 0.3 is 0 Å². The minimum atomic E-state index is -0.368. The lowest BCUT2D eigenvalue weighted by atomic mass is 10.1. The zero-order chi connectivity index (χ0) is 19.7. The molecule has 1 aromatic carbocycles. The molecular weight excluding hydrogens is 361 g/mol. The van der Waals surface area contributed by atoms with Gasteiger partial charge in [0.2, 0.25) is 5.91 Å². The highest BCUT2D eigenvalue weighted by Gasteiger charge is 2.28. The fourth-order valence-electron chi connectivity index (χ4n) is 3.54. The Morgan fingerprint density at radius 3 is 2.96 bits per heavy atom. The van der Waals surface area contributed by atoms with Gasteiger partial charge in [-0.15, -0.1) is 0 Å². The van der Waals surface area contributed by atoms with E-state index in [9.17, 15) is 9.18 Å². The second-order valence-corrected chi connectivity index (χ2v) is 7.04. The number of carbonyl (C=O) groups is 1. The summed E-state index contributed by atoms with van der Waals surface area (Å²) in [5.41, 5.74) is 1.13. The van der Waals surface area contributed by atoms with Gasteiger partial charge in [-0.2, -0.15) is 0 Å².